The minimum atomic E-state index is -0.291. The van der Waals surface area contributed by atoms with E-state index < -0.39 is 0 Å². The van der Waals surface area contributed by atoms with Gasteiger partial charge in [0.25, 0.3) is 5.91 Å². The third-order valence-corrected chi connectivity index (χ3v) is 4.42. The second-order valence-corrected chi connectivity index (χ2v) is 5.92. The van der Waals surface area contributed by atoms with Crippen molar-refractivity contribution in [3.63, 3.8) is 0 Å². The molecule has 20 heavy (non-hydrogen) atoms. The lowest BCUT2D eigenvalue weighted by Gasteiger charge is -2.10. The van der Waals surface area contributed by atoms with Gasteiger partial charge in [-0.1, -0.05) is 23.2 Å². The molecule has 0 bridgehead atoms. The second-order valence-electron chi connectivity index (χ2n) is 4.31. The predicted octanol–water partition coefficient (Wildman–Crippen LogP) is 4.90. The average Bonchev–Trinajstić information content (AvgIpc) is 2.38. The zero-order valence-electron chi connectivity index (χ0n) is 10.5. The Labute approximate surface area is 135 Å². The Balaban J connectivity index is 2.30. The van der Waals surface area contributed by atoms with Gasteiger partial charge in [0.2, 0.25) is 0 Å². The maximum Gasteiger partial charge on any atom is 0.255 e. The van der Waals surface area contributed by atoms with Crippen molar-refractivity contribution in [1.82, 2.24) is 0 Å². The lowest BCUT2D eigenvalue weighted by molar-refractivity contribution is 0.102. The lowest BCUT2D eigenvalue weighted by Crippen LogP contribution is -2.13. The molecule has 3 N–H and O–H groups in total. The summed E-state index contributed by atoms with van der Waals surface area (Å²) in [4.78, 5) is 12.2. The van der Waals surface area contributed by atoms with Crippen LogP contribution in [0.3, 0.4) is 0 Å². The number of carbonyl (C=O) groups is 1. The molecule has 104 valence electrons. The standard InChI is InChI=1S/C14H11BrCl2N2O/c1-7-4-8(6-9(18)5-7)14(20)19-11-3-2-10(15)12(16)13(11)17/h2-6H,18H2,1H3,(H,19,20). The van der Waals surface area contributed by atoms with Crippen LogP contribution in [-0.4, -0.2) is 5.91 Å². The molecular weight excluding hydrogens is 363 g/mol. The number of nitrogens with one attached hydrogen (secondary N) is 1. The van der Waals surface area contributed by atoms with Crippen molar-refractivity contribution in [2.75, 3.05) is 11.1 Å². The van der Waals surface area contributed by atoms with Crippen molar-refractivity contribution in [1.29, 1.82) is 0 Å². The molecule has 0 heterocycles. The third kappa shape index (κ3) is 3.26. The number of hydrogen-bond acceptors (Lipinski definition) is 2. The van der Waals surface area contributed by atoms with E-state index in [1.165, 1.54) is 0 Å². The zero-order chi connectivity index (χ0) is 14.9. The molecule has 0 unspecified atom stereocenters. The van der Waals surface area contributed by atoms with Crippen LogP contribution in [0.4, 0.5) is 11.4 Å². The molecule has 0 aliphatic carbocycles. The average molecular weight is 374 g/mol. The van der Waals surface area contributed by atoms with Crippen LogP contribution in [0, 0.1) is 6.92 Å². The molecular formula is C14H11BrCl2N2O. The van der Waals surface area contributed by atoms with Crippen molar-refractivity contribution in [2.24, 2.45) is 0 Å². The summed E-state index contributed by atoms with van der Waals surface area (Å²) in [5.41, 5.74) is 8.10. The molecule has 2 aromatic carbocycles. The van der Waals surface area contributed by atoms with Gasteiger partial charge in [0.1, 0.15) is 0 Å². The Bertz CT molecular complexity index is 669. The van der Waals surface area contributed by atoms with Gasteiger partial charge in [0.15, 0.2) is 0 Å². The first-order chi connectivity index (χ1) is 9.38. The quantitative estimate of drug-likeness (QED) is 0.581. The molecule has 0 aliphatic heterocycles. The fourth-order valence-corrected chi connectivity index (χ4v) is 2.58. The molecule has 0 aromatic heterocycles. The number of amides is 1. The van der Waals surface area contributed by atoms with E-state index in [-0.39, 0.29) is 10.9 Å². The second kappa shape index (κ2) is 6.04. The van der Waals surface area contributed by atoms with Crippen LogP contribution in [0.15, 0.2) is 34.8 Å². The van der Waals surface area contributed by atoms with Gasteiger partial charge in [-0.05, 0) is 58.7 Å². The first-order valence-electron chi connectivity index (χ1n) is 5.70. The monoisotopic (exact) mass is 372 g/mol. The Morgan fingerprint density at radius 3 is 2.55 bits per heavy atom. The van der Waals surface area contributed by atoms with Crippen LogP contribution >= 0.6 is 39.1 Å². The molecule has 2 rings (SSSR count). The minimum absolute atomic E-state index is 0.287. The van der Waals surface area contributed by atoms with Gasteiger partial charge in [0.05, 0.1) is 15.7 Å². The number of nitrogen functional groups attached to an aromatic ring is 1. The number of hydrogen-bond donors (Lipinski definition) is 2. The van der Waals surface area contributed by atoms with E-state index in [1.54, 1.807) is 30.3 Å². The molecule has 0 saturated heterocycles. The number of anilines is 2. The van der Waals surface area contributed by atoms with Gasteiger partial charge in [-0.25, -0.2) is 0 Å². The van der Waals surface area contributed by atoms with E-state index in [0.29, 0.717) is 26.4 Å². The highest BCUT2D eigenvalue weighted by molar-refractivity contribution is 9.10. The molecule has 3 nitrogen and oxygen atoms in total. The van der Waals surface area contributed by atoms with E-state index in [9.17, 15) is 4.79 Å². The Morgan fingerprint density at radius 2 is 1.90 bits per heavy atom. The number of carbonyl (C=O) groups excluding carboxylic acids is 1. The highest BCUT2D eigenvalue weighted by Crippen LogP contribution is 2.36. The van der Waals surface area contributed by atoms with Gasteiger partial charge in [-0.2, -0.15) is 0 Å². The fraction of sp³-hybridized carbons (Fsp3) is 0.0714. The SMILES string of the molecule is Cc1cc(N)cc(C(=O)Nc2ccc(Br)c(Cl)c2Cl)c1. The maximum absolute atomic E-state index is 12.2. The lowest BCUT2D eigenvalue weighted by atomic mass is 10.1. The molecule has 2 aromatic rings. The van der Waals surface area contributed by atoms with Crippen LogP contribution in [0.25, 0.3) is 0 Å². The molecule has 6 heteroatoms. The first-order valence-corrected chi connectivity index (χ1v) is 7.25. The molecule has 0 aliphatic rings. The van der Waals surface area contributed by atoms with Crippen LogP contribution in [-0.2, 0) is 0 Å². The molecule has 0 radical (unpaired) electrons. The summed E-state index contributed by atoms with van der Waals surface area (Å²) in [6.45, 7) is 1.87. The van der Waals surface area contributed by atoms with Crippen LogP contribution in [0.2, 0.25) is 10.0 Å². The summed E-state index contributed by atoms with van der Waals surface area (Å²) in [6, 6.07) is 8.54. The zero-order valence-corrected chi connectivity index (χ0v) is 13.6. The number of halogens is 3. The van der Waals surface area contributed by atoms with Crippen molar-refractivity contribution >= 4 is 56.4 Å². The van der Waals surface area contributed by atoms with Crippen LogP contribution in [0.5, 0.6) is 0 Å². The van der Waals surface area contributed by atoms with Gasteiger partial charge in [-0.3, -0.25) is 4.79 Å². The Hall–Kier alpha value is -1.23. The van der Waals surface area contributed by atoms with Crippen molar-refractivity contribution in [2.45, 2.75) is 6.92 Å². The van der Waals surface area contributed by atoms with Gasteiger partial charge in [0, 0.05) is 15.7 Å². The molecule has 1 amide bonds. The van der Waals surface area contributed by atoms with Gasteiger partial charge in [-0.15, -0.1) is 0 Å². The Kier molecular flexibility index (Phi) is 4.58. The molecule has 0 saturated carbocycles. The van der Waals surface area contributed by atoms with E-state index in [4.69, 9.17) is 28.9 Å². The summed E-state index contributed by atoms with van der Waals surface area (Å²) in [7, 11) is 0. The largest absolute Gasteiger partial charge is 0.399 e. The minimum Gasteiger partial charge on any atom is -0.399 e. The molecule has 0 spiro atoms. The van der Waals surface area contributed by atoms with Gasteiger partial charge < -0.3 is 11.1 Å². The van der Waals surface area contributed by atoms with Crippen molar-refractivity contribution < 1.29 is 4.79 Å². The summed E-state index contributed by atoms with van der Waals surface area (Å²) < 4.78 is 0.668. The van der Waals surface area contributed by atoms with Crippen LogP contribution in [0.1, 0.15) is 15.9 Å². The summed E-state index contributed by atoms with van der Waals surface area (Å²) in [5.74, 6) is -0.291. The van der Waals surface area contributed by atoms with E-state index >= 15 is 0 Å². The number of aryl methyl sites for hydroxylation is 1. The smallest absolute Gasteiger partial charge is 0.255 e. The van der Waals surface area contributed by atoms with E-state index in [2.05, 4.69) is 21.2 Å². The molecule has 0 atom stereocenters. The molecule has 0 fully saturated rings. The number of nitrogens with two attached hydrogens (primary N) is 1. The number of rotatable bonds is 2. The predicted molar refractivity (Wildman–Crippen MR) is 87.7 cm³/mol. The highest BCUT2D eigenvalue weighted by atomic mass is 79.9. The van der Waals surface area contributed by atoms with Crippen molar-refractivity contribution in [3.05, 3.63) is 56.0 Å². The number of benzene rings is 2. The van der Waals surface area contributed by atoms with Gasteiger partial charge >= 0.3 is 0 Å². The van der Waals surface area contributed by atoms with E-state index in [1.807, 2.05) is 6.92 Å². The van der Waals surface area contributed by atoms with Crippen LogP contribution < -0.4 is 11.1 Å². The summed E-state index contributed by atoms with van der Waals surface area (Å²) in [6.07, 6.45) is 0. The maximum atomic E-state index is 12.2. The summed E-state index contributed by atoms with van der Waals surface area (Å²) >= 11 is 15.4. The van der Waals surface area contributed by atoms with E-state index in [0.717, 1.165) is 5.56 Å². The highest BCUT2D eigenvalue weighted by Gasteiger charge is 2.13. The topological polar surface area (TPSA) is 55.1 Å². The third-order valence-electron chi connectivity index (χ3n) is 2.65. The first kappa shape index (κ1) is 15.2. The Morgan fingerprint density at radius 1 is 1.20 bits per heavy atom. The summed E-state index contributed by atoms with van der Waals surface area (Å²) in [5, 5.41) is 3.36. The fourth-order valence-electron chi connectivity index (χ4n) is 1.76. The normalized spacial score (nSPS) is 10.4. The van der Waals surface area contributed by atoms with Crippen molar-refractivity contribution in [3.8, 4) is 0 Å².